The zero-order valence-electron chi connectivity index (χ0n) is 12.7. The Morgan fingerprint density at radius 3 is 2.50 bits per heavy atom. The van der Waals surface area contributed by atoms with Gasteiger partial charge >= 0.3 is 6.18 Å². The van der Waals surface area contributed by atoms with Crippen LogP contribution in [0.3, 0.4) is 0 Å². The smallest absolute Gasteiger partial charge is 0.356 e. The molecule has 0 aliphatic carbocycles. The molecule has 1 heterocycles. The number of aromatic nitrogens is 1. The van der Waals surface area contributed by atoms with Crippen molar-refractivity contribution in [2.24, 2.45) is 4.99 Å². The van der Waals surface area contributed by atoms with E-state index in [0.717, 1.165) is 30.0 Å². The monoisotopic (exact) mass is 450 g/mol. The maximum atomic E-state index is 12.0. The number of aryl methyl sites for hydroxylation is 2. The van der Waals surface area contributed by atoms with E-state index in [1.807, 2.05) is 12.3 Å². The highest BCUT2D eigenvalue weighted by atomic mass is 127. The minimum Gasteiger partial charge on any atom is -0.356 e. The Morgan fingerprint density at radius 1 is 1.27 bits per heavy atom. The summed E-state index contributed by atoms with van der Waals surface area (Å²) in [6, 6.07) is 0. The lowest BCUT2D eigenvalue weighted by molar-refractivity contribution is -0.132. The van der Waals surface area contributed by atoms with Gasteiger partial charge in [-0.15, -0.1) is 35.3 Å². The Kier molecular flexibility index (Phi) is 10.7. The fraction of sp³-hybridized carbons (Fsp3) is 0.692. The molecule has 0 radical (unpaired) electrons. The van der Waals surface area contributed by atoms with Gasteiger partial charge in [-0.25, -0.2) is 4.98 Å². The Bertz CT molecular complexity index is 449. The number of nitrogens with zero attached hydrogens (tertiary/aromatic N) is 2. The van der Waals surface area contributed by atoms with Gasteiger partial charge in [-0.1, -0.05) is 0 Å². The van der Waals surface area contributed by atoms with Crippen LogP contribution in [0.1, 0.15) is 30.0 Å². The van der Waals surface area contributed by atoms with Crippen molar-refractivity contribution >= 4 is 41.3 Å². The predicted octanol–water partition coefficient (Wildman–Crippen LogP) is 3.51. The first kappa shape index (κ1) is 21.4. The molecule has 0 atom stereocenters. The molecule has 2 N–H and O–H groups in total. The van der Waals surface area contributed by atoms with Gasteiger partial charge in [0.25, 0.3) is 0 Å². The standard InChI is InChI=1S/C13H21F3N4S.HI/c1-10-9-21-11(20-10)5-3-4-7-18-12(17-2)19-8-6-13(14,15)16;/h9H,3-8H2,1-2H3,(H2,17,18,19);1H. The van der Waals surface area contributed by atoms with Crippen LogP contribution in [0.5, 0.6) is 0 Å². The van der Waals surface area contributed by atoms with Gasteiger partial charge in [-0.2, -0.15) is 13.2 Å². The normalized spacial score (nSPS) is 12.0. The molecule has 0 spiro atoms. The summed E-state index contributed by atoms with van der Waals surface area (Å²) in [5.74, 6) is 0.407. The fourth-order valence-electron chi connectivity index (χ4n) is 1.67. The van der Waals surface area contributed by atoms with Crippen LogP contribution in [0, 0.1) is 6.92 Å². The highest BCUT2D eigenvalue weighted by Gasteiger charge is 2.26. The van der Waals surface area contributed by atoms with Crippen LogP contribution >= 0.6 is 35.3 Å². The molecule has 128 valence electrons. The quantitative estimate of drug-likeness (QED) is 0.290. The molecule has 0 amide bonds. The first-order valence-corrected chi connectivity index (χ1v) is 7.71. The van der Waals surface area contributed by atoms with Crippen molar-refractivity contribution in [3.05, 3.63) is 16.1 Å². The molecule has 0 aliphatic heterocycles. The van der Waals surface area contributed by atoms with E-state index in [9.17, 15) is 13.2 Å². The lowest BCUT2D eigenvalue weighted by atomic mass is 10.2. The molecule has 1 aromatic heterocycles. The van der Waals surface area contributed by atoms with Crippen LogP contribution in [0.2, 0.25) is 0 Å². The molecule has 9 heteroatoms. The largest absolute Gasteiger partial charge is 0.390 e. The van der Waals surface area contributed by atoms with Gasteiger partial charge in [0.05, 0.1) is 11.4 Å². The number of aliphatic imine (C=N–C) groups is 1. The van der Waals surface area contributed by atoms with Gasteiger partial charge in [0.2, 0.25) is 0 Å². The van der Waals surface area contributed by atoms with Crippen molar-refractivity contribution in [2.75, 3.05) is 20.1 Å². The van der Waals surface area contributed by atoms with E-state index in [1.165, 1.54) is 0 Å². The zero-order valence-corrected chi connectivity index (χ0v) is 15.8. The molecule has 0 fully saturated rings. The molecule has 22 heavy (non-hydrogen) atoms. The van der Waals surface area contributed by atoms with Crippen LogP contribution in [-0.2, 0) is 6.42 Å². The number of thiazole rings is 1. The van der Waals surface area contributed by atoms with Crippen molar-refractivity contribution < 1.29 is 13.2 Å². The molecule has 1 rings (SSSR count). The second kappa shape index (κ2) is 11.0. The Balaban J connectivity index is 0.00000441. The molecular weight excluding hydrogens is 428 g/mol. The van der Waals surface area contributed by atoms with Crippen LogP contribution in [0.15, 0.2) is 10.4 Å². The number of alkyl halides is 3. The van der Waals surface area contributed by atoms with Crippen molar-refractivity contribution in [2.45, 2.75) is 38.8 Å². The Hall–Kier alpha value is -0.580. The van der Waals surface area contributed by atoms with Crippen molar-refractivity contribution in [3.8, 4) is 0 Å². The van der Waals surface area contributed by atoms with Gasteiger partial charge in [-0.05, 0) is 26.2 Å². The molecule has 0 unspecified atom stereocenters. The van der Waals surface area contributed by atoms with Crippen LogP contribution in [0.4, 0.5) is 13.2 Å². The summed E-state index contributed by atoms with van der Waals surface area (Å²) in [4.78, 5) is 8.26. The molecule has 0 saturated carbocycles. The lowest BCUT2D eigenvalue weighted by Crippen LogP contribution is -2.39. The van der Waals surface area contributed by atoms with E-state index in [2.05, 4.69) is 20.6 Å². The molecular formula is C13H22F3IN4S. The zero-order chi connectivity index (χ0) is 15.7. The summed E-state index contributed by atoms with van der Waals surface area (Å²) in [5, 5.41) is 8.80. The minimum absolute atomic E-state index is 0. The van der Waals surface area contributed by atoms with E-state index in [0.29, 0.717) is 12.5 Å². The maximum absolute atomic E-state index is 12.0. The van der Waals surface area contributed by atoms with Gasteiger partial charge in [0, 0.05) is 31.2 Å². The topological polar surface area (TPSA) is 49.3 Å². The van der Waals surface area contributed by atoms with Gasteiger partial charge in [-0.3, -0.25) is 4.99 Å². The summed E-state index contributed by atoms with van der Waals surface area (Å²) in [5.41, 5.74) is 1.04. The summed E-state index contributed by atoms with van der Waals surface area (Å²) in [7, 11) is 1.54. The third-order valence-electron chi connectivity index (χ3n) is 2.70. The maximum Gasteiger partial charge on any atom is 0.390 e. The molecule has 1 aromatic rings. The third kappa shape index (κ3) is 10.2. The first-order chi connectivity index (χ1) is 9.90. The molecule has 0 aromatic carbocycles. The highest BCUT2D eigenvalue weighted by Crippen LogP contribution is 2.18. The number of rotatable bonds is 7. The molecule has 0 saturated heterocycles. The first-order valence-electron chi connectivity index (χ1n) is 6.83. The van der Waals surface area contributed by atoms with Gasteiger partial charge < -0.3 is 10.6 Å². The van der Waals surface area contributed by atoms with E-state index in [1.54, 1.807) is 18.4 Å². The van der Waals surface area contributed by atoms with E-state index in [4.69, 9.17) is 0 Å². The minimum atomic E-state index is -4.14. The molecule has 0 aliphatic rings. The average molecular weight is 450 g/mol. The van der Waals surface area contributed by atoms with E-state index in [-0.39, 0.29) is 30.5 Å². The second-order valence-electron chi connectivity index (χ2n) is 4.63. The van der Waals surface area contributed by atoms with Crippen molar-refractivity contribution in [1.29, 1.82) is 0 Å². The van der Waals surface area contributed by atoms with Crippen molar-refractivity contribution in [1.82, 2.24) is 15.6 Å². The number of unbranched alkanes of at least 4 members (excludes halogenated alkanes) is 1. The fourth-order valence-corrected chi connectivity index (χ4v) is 2.49. The van der Waals surface area contributed by atoms with Gasteiger partial charge in [0.1, 0.15) is 0 Å². The Morgan fingerprint density at radius 2 is 1.95 bits per heavy atom. The number of nitrogens with one attached hydrogen (secondary N) is 2. The van der Waals surface area contributed by atoms with E-state index < -0.39 is 12.6 Å². The third-order valence-corrected chi connectivity index (χ3v) is 3.73. The SMILES string of the molecule is CN=C(NCCCCc1nc(C)cs1)NCCC(F)(F)F.I. The number of hydrogen-bond donors (Lipinski definition) is 2. The lowest BCUT2D eigenvalue weighted by Gasteiger charge is -2.12. The van der Waals surface area contributed by atoms with Crippen LogP contribution < -0.4 is 10.6 Å². The van der Waals surface area contributed by atoms with Crippen molar-refractivity contribution in [3.63, 3.8) is 0 Å². The molecule has 4 nitrogen and oxygen atoms in total. The van der Waals surface area contributed by atoms with Crippen LogP contribution in [-0.4, -0.2) is 37.3 Å². The Labute approximate surface area is 150 Å². The second-order valence-corrected chi connectivity index (χ2v) is 5.57. The predicted molar refractivity (Wildman–Crippen MR) is 95.2 cm³/mol. The van der Waals surface area contributed by atoms with E-state index >= 15 is 0 Å². The summed E-state index contributed by atoms with van der Waals surface area (Å²) in [6.07, 6.45) is -2.17. The average Bonchev–Trinajstić information content (AvgIpc) is 2.80. The summed E-state index contributed by atoms with van der Waals surface area (Å²) < 4.78 is 36.1. The number of guanidine groups is 1. The number of halogens is 4. The summed E-state index contributed by atoms with van der Waals surface area (Å²) in [6.45, 7) is 2.48. The highest BCUT2D eigenvalue weighted by molar-refractivity contribution is 14.0. The van der Waals surface area contributed by atoms with Crippen LogP contribution in [0.25, 0.3) is 0 Å². The van der Waals surface area contributed by atoms with Gasteiger partial charge in [0.15, 0.2) is 5.96 Å². The summed E-state index contributed by atoms with van der Waals surface area (Å²) >= 11 is 1.66. The molecule has 0 bridgehead atoms. The number of hydrogen-bond acceptors (Lipinski definition) is 3.